The molecule has 1 saturated heterocycles. The molecular weight excluding hydrogens is 366 g/mol. The molecule has 0 radical (unpaired) electrons. The standard InChI is InChI=1S/C22H25N5O2/c1-25-17-7-3-2-6-16(17)18(14-21(25)29)27-19(23-22(24-27)15-10-11-15)8-4-12-26-13-5-9-20(26)28/h2-3,6-7,14-15H,4-5,8-13H2,1H3. The number of carbonyl (C=O) groups excluding carboxylic acids is 1. The van der Waals surface area contributed by atoms with E-state index in [1.807, 2.05) is 33.8 Å². The predicted molar refractivity (Wildman–Crippen MR) is 110 cm³/mol. The monoisotopic (exact) mass is 391 g/mol. The van der Waals surface area contributed by atoms with Crippen LogP contribution in [0.1, 0.15) is 49.7 Å². The van der Waals surface area contributed by atoms with Crippen molar-refractivity contribution in [2.24, 2.45) is 7.05 Å². The molecule has 1 aliphatic carbocycles. The molecule has 5 rings (SSSR count). The fraction of sp³-hybridized carbons (Fsp3) is 0.455. The molecule has 0 bridgehead atoms. The third-order valence-corrected chi connectivity index (χ3v) is 5.99. The maximum atomic E-state index is 12.6. The summed E-state index contributed by atoms with van der Waals surface area (Å²) < 4.78 is 3.53. The Kier molecular flexibility index (Phi) is 4.45. The van der Waals surface area contributed by atoms with E-state index in [2.05, 4.69) is 0 Å². The van der Waals surface area contributed by atoms with Gasteiger partial charge in [0.25, 0.3) is 5.56 Å². The molecule has 7 heteroatoms. The molecule has 1 aliphatic heterocycles. The van der Waals surface area contributed by atoms with Crippen LogP contribution in [0.4, 0.5) is 0 Å². The van der Waals surface area contributed by atoms with Gasteiger partial charge in [-0.05, 0) is 31.7 Å². The smallest absolute Gasteiger partial charge is 0.252 e. The third kappa shape index (κ3) is 3.34. The first kappa shape index (κ1) is 18.1. The van der Waals surface area contributed by atoms with E-state index in [0.717, 1.165) is 73.4 Å². The number of amides is 1. The molecule has 1 saturated carbocycles. The second kappa shape index (κ2) is 7.13. The summed E-state index contributed by atoms with van der Waals surface area (Å²) in [5, 5.41) is 5.79. The van der Waals surface area contributed by atoms with Gasteiger partial charge in [-0.15, -0.1) is 0 Å². The Labute approximate surface area is 169 Å². The van der Waals surface area contributed by atoms with Crippen LogP contribution in [-0.4, -0.2) is 43.2 Å². The lowest BCUT2D eigenvalue weighted by atomic mass is 10.1. The third-order valence-electron chi connectivity index (χ3n) is 5.99. The van der Waals surface area contributed by atoms with E-state index in [1.54, 1.807) is 17.7 Å². The van der Waals surface area contributed by atoms with Crippen molar-refractivity contribution in [1.82, 2.24) is 24.2 Å². The van der Waals surface area contributed by atoms with Crippen LogP contribution in [0.5, 0.6) is 0 Å². The number of hydrogen-bond donors (Lipinski definition) is 0. The number of nitrogens with zero attached hydrogens (tertiary/aromatic N) is 5. The molecule has 7 nitrogen and oxygen atoms in total. The van der Waals surface area contributed by atoms with Crippen molar-refractivity contribution in [1.29, 1.82) is 0 Å². The Hall–Kier alpha value is -2.96. The molecule has 2 aliphatic rings. The zero-order valence-corrected chi connectivity index (χ0v) is 16.7. The van der Waals surface area contributed by atoms with Crippen LogP contribution in [0.3, 0.4) is 0 Å². The maximum Gasteiger partial charge on any atom is 0.252 e. The van der Waals surface area contributed by atoms with Gasteiger partial charge in [0.15, 0.2) is 5.82 Å². The minimum absolute atomic E-state index is 0.0595. The Balaban J connectivity index is 1.51. The van der Waals surface area contributed by atoms with Gasteiger partial charge >= 0.3 is 0 Å². The van der Waals surface area contributed by atoms with Gasteiger partial charge < -0.3 is 9.47 Å². The number of aryl methyl sites for hydroxylation is 2. The highest BCUT2D eigenvalue weighted by molar-refractivity contribution is 5.87. The second-order valence-corrected chi connectivity index (χ2v) is 8.10. The molecule has 0 spiro atoms. The zero-order chi connectivity index (χ0) is 20.0. The van der Waals surface area contributed by atoms with Gasteiger partial charge in [0.05, 0.1) is 11.2 Å². The fourth-order valence-corrected chi connectivity index (χ4v) is 4.17. The van der Waals surface area contributed by atoms with Crippen LogP contribution in [-0.2, 0) is 18.3 Å². The van der Waals surface area contributed by atoms with Crippen molar-refractivity contribution < 1.29 is 4.79 Å². The number of carbonyl (C=O) groups is 1. The Morgan fingerprint density at radius 1 is 1.17 bits per heavy atom. The molecule has 150 valence electrons. The summed E-state index contributed by atoms with van der Waals surface area (Å²) in [6.45, 7) is 1.61. The summed E-state index contributed by atoms with van der Waals surface area (Å²) in [4.78, 5) is 31.2. The summed E-state index contributed by atoms with van der Waals surface area (Å²) in [5.74, 6) is 2.44. The van der Waals surface area contributed by atoms with E-state index in [4.69, 9.17) is 10.1 Å². The van der Waals surface area contributed by atoms with Gasteiger partial charge in [0.1, 0.15) is 5.82 Å². The zero-order valence-electron chi connectivity index (χ0n) is 16.7. The van der Waals surface area contributed by atoms with Gasteiger partial charge in [-0.1, -0.05) is 18.2 Å². The number of aromatic nitrogens is 4. The number of rotatable bonds is 6. The van der Waals surface area contributed by atoms with E-state index in [-0.39, 0.29) is 11.5 Å². The van der Waals surface area contributed by atoms with Crippen LogP contribution in [0.15, 0.2) is 35.1 Å². The number of likely N-dealkylation sites (tertiary alicyclic amines) is 1. The lowest BCUT2D eigenvalue weighted by molar-refractivity contribution is -0.127. The minimum atomic E-state index is -0.0595. The van der Waals surface area contributed by atoms with Crippen molar-refractivity contribution >= 4 is 16.8 Å². The van der Waals surface area contributed by atoms with E-state index in [1.165, 1.54) is 0 Å². The van der Waals surface area contributed by atoms with Gasteiger partial charge in [0, 0.05) is 50.3 Å². The van der Waals surface area contributed by atoms with Crippen LogP contribution in [0.2, 0.25) is 0 Å². The lowest BCUT2D eigenvalue weighted by Gasteiger charge is -2.15. The summed E-state index contributed by atoms with van der Waals surface area (Å²) in [6, 6.07) is 9.55. The van der Waals surface area contributed by atoms with Crippen molar-refractivity contribution in [2.75, 3.05) is 13.1 Å². The molecule has 1 aromatic carbocycles. The molecule has 3 aromatic rings. The number of fused-ring (bicyclic) bond motifs is 1. The Bertz CT molecular complexity index is 1140. The Morgan fingerprint density at radius 2 is 2.00 bits per heavy atom. The molecule has 2 fully saturated rings. The number of pyridine rings is 1. The van der Waals surface area contributed by atoms with Crippen LogP contribution in [0, 0.1) is 0 Å². The molecular formula is C22H25N5O2. The molecule has 0 atom stereocenters. The van der Waals surface area contributed by atoms with Crippen LogP contribution in [0.25, 0.3) is 16.6 Å². The topological polar surface area (TPSA) is 73.0 Å². The normalized spacial score (nSPS) is 16.9. The highest BCUT2D eigenvalue weighted by atomic mass is 16.2. The molecule has 3 heterocycles. The van der Waals surface area contributed by atoms with Crippen molar-refractivity contribution in [3.63, 3.8) is 0 Å². The molecule has 1 amide bonds. The van der Waals surface area contributed by atoms with Gasteiger partial charge in [-0.2, -0.15) is 5.10 Å². The average molecular weight is 391 g/mol. The number of hydrogen-bond acceptors (Lipinski definition) is 4. The number of benzene rings is 1. The highest BCUT2D eigenvalue weighted by Gasteiger charge is 2.29. The van der Waals surface area contributed by atoms with Gasteiger partial charge in [0.2, 0.25) is 5.91 Å². The lowest BCUT2D eigenvalue weighted by Crippen LogP contribution is -2.26. The molecule has 0 unspecified atom stereocenters. The maximum absolute atomic E-state index is 12.6. The first-order chi connectivity index (χ1) is 14.1. The van der Waals surface area contributed by atoms with Gasteiger partial charge in [-0.25, -0.2) is 9.67 Å². The molecule has 0 N–H and O–H groups in total. The first-order valence-electron chi connectivity index (χ1n) is 10.4. The summed E-state index contributed by atoms with van der Waals surface area (Å²) in [7, 11) is 1.79. The summed E-state index contributed by atoms with van der Waals surface area (Å²) in [6.07, 6.45) is 5.46. The molecule has 29 heavy (non-hydrogen) atoms. The minimum Gasteiger partial charge on any atom is -0.343 e. The van der Waals surface area contributed by atoms with E-state index in [0.29, 0.717) is 12.3 Å². The first-order valence-corrected chi connectivity index (χ1v) is 10.4. The SMILES string of the molecule is Cn1c(=O)cc(-n2nc(C3CC3)nc2CCCN2CCCC2=O)c2ccccc21. The van der Waals surface area contributed by atoms with Crippen LogP contribution < -0.4 is 5.56 Å². The summed E-state index contributed by atoms with van der Waals surface area (Å²) >= 11 is 0. The largest absolute Gasteiger partial charge is 0.343 e. The Morgan fingerprint density at radius 3 is 2.76 bits per heavy atom. The molecule has 2 aromatic heterocycles. The van der Waals surface area contributed by atoms with E-state index in [9.17, 15) is 9.59 Å². The van der Waals surface area contributed by atoms with Crippen molar-refractivity contribution in [3.8, 4) is 5.69 Å². The average Bonchev–Trinajstić information content (AvgIpc) is 3.38. The van der Waals surface area contributed by atoms with Gasteiger partial charge in [-0.3, -0.25) is 9.59 Å². The van der Waals surface area contributed by atoms with Crippen molar-refractivity contribution in [3.05, 3.63) is 52.3 Å². The highest BCUT2D eigenvalue weighted by Crippen LogP contribution is 2.38. The quantitative estimate of drug-likeness (QED) is 0.647. The van der Waals surface area contributed by atoms with Crippen LogP contribution >= 0.6 is 0 Å². The summed E-state index contributed by atoms with van der Waals surface area (Å²) in [5.41, 5.74) is 1.61. The van der Waals surface area contributed by atoms with Crippen molar-refractivity contribution in [2.45, 2.75) is 44.4 Å². The predicted octanol–water partition coefficient (Wildman–Crippen LogP) is 2.55. The van der Waals surface area contributed by atoms with E-state index < -0.39 is 0 Å². The van der Waals surface area contributed by atoms with E-state index >= 15 is 0 Å². The fourth-order valence-electron chi connectivity index (χ4n) is 4.17. The second-order valence-electron chi connectivity index (χ2n) is 8.10. The number of para-hydroxylation sites is 1.